The van der Waals surface area contributed by atoms with E-state index < -0.39 is 0 Å². The number of rotatable bonds is 5. The van der Waals surface area contributed by atoms with E-state index in [-0.39, 0.29) is 18.4 Å². The number of hydrogen-bond acceptors (Lipinski definition) is 5. The van der Waals surface area contributed by atoms with Crippen molar-refractivity contribution in [2.24, 2.45) is 0 Å². The van der Waals surface area contributed by atoms with Gasteiger partial charge >= 0.3 is 0 Å². The zero-order valence-electron chi connectivity index (χ0n) is 12.0. The molecule has 1 saturated heterocycles. The van der Waals surface area contributed by atoms with Gasteiger partial charge in [-0.15, -0.1) is 0 Å². The molecule has 22 heavy (non-hydrogen) atoms. The van der Waals surface area contributed by atoms with Crippen LogP contribution in [0.2, 0.25) is 0 Å². The predicted octanol–water partition coefficient (Wildman–Crippen LogP) is -0.0991. The molecule has 1 aliphatic rings. The van der Waals surface area contributed by atoms with Crippen LogP contribution in [-0.4, -0.2) is 49.6 Å². The minimum Gasteiger partial charge on any atom is -0.350 e. The standard InChI is InChI=1S/C14H16N6O2/c21-13(8-19-5-1-2-14(19)22)17-7-11-3-4-12(16-6-11)20-10-15-9-18-20/h3-4,6,9-10H,1-2,5,7-8H2,(H,17,21). The molecule has 1 N–H and O–H groups in total. The Morgan fingerprint density at radius 3 is 2.91 bits per heavy atom. The van der Waals surface area contributed by atoms with Crippen molar-refractivity contribution in [2.45, 2.75) is 19.4 Å². The molecule has 2 aromatic heterocycles. The van der Waals surface area contributed by atoms with E-state index in [2.05, 4.69) is 20.4 Å². The molecule has 0 aliphatic carbocycles. The molecule has 1 aliphatic heterocycles. The maximum absolute atomic E-state index is 11.8. The molecular weight excluding hydrogens is 284 g/mol. The lowest BCUT2D eigenvalue weighted by atomic mass is 10.3. The van der Waals surface area contributed by atoms with Crippen LogP contribution >= 0.6 is 0 Å². The second-order valence-electron chi connectivity index (χ2n) is 5.06. The molecule has 0 unspecified atom stereocenters. The summed E-state index contributed by atoms with van der Waals surface area (Å²) in [5.41, 5.74) is 0.880. The van der Waals surface area contributed by atoms with Crippen LogP contribution in [0.4, 0.5) is 0 Å². The molecule has 0 saturated carbocycles. The molecule has 114 valence electrons. The summed E-state index contributed by atoms with van der Waals surface area (Å²) >= 11 is 0. The van der Waals surface area contributed by atoms with Gasteiger partial charge in [-0.2, -0.15) is 5.10 Å². The van der Waals surface area contributed by atoms with Crippen molar-refractivity contribution in [1.82, 2.24) is 30.0 Å². The molecule has 0 radical (unpaired) electrons. The van der Waals surface area contributed by atoms with Gasteiger partial charge in [0.15, 0.2) is 5.82 Å². The summed E-state index contributed by atoms with van der Waals surface area (Å²) in [6.07, 6.45) is 6.06. The van der Waals surface area contributed by atoms with Gasteiger partial charge < -0.3 is 10.2 Å². The minimum absolute atomic E-state index is 0.0500. The van der Waals surface area contributed by atoms with Gasteiger partial charge in [-0.1, -0.05) is 6.07 Å². The quantitative estimate of drug-likeness (QED) is 0.832. The van der Waals surface area contributed by atoms with Gasteiger partial charge in [-0.25, -0.2) is 14.6 Å². The first-order chi connectivity index (χ1) is 10.7. The van der Waals surface area contributed by atoms with E-state index in [9.17, 15) is 9.59 Å². The first-order valence-corrected chi connectivity index (χ1v) is 7.07. The van der Waals surface area contributed by atoms with Crippen LogP contribution in [0.15, 0.2) is 31.0 Å². The third-order valence-electron chi connectivity index (χ3n) is 3.46. The summed E-state index contributed by atoms with van der Waals surface area (Å²) in [7, 11) is 0. The summed E-state index contributed by atoms with van der Waals surface area (Å²) in [5.74, 6) is 0.555. The Morgan fingerprint density at radius 1 is 1.36 bits per heavy atom. The fraction of sp³-hybridized carbons (Fsp3) is 0.357. The predicted molar refractivity (Wildman–Crippen MR) is 76.8 cm³/mol. The Bertz CT molecular complexity index is 652. The van der Waals surface area contributed by atoms with Crippen LogP contribution in [-0.2, 0) is 16.1 Å². The van der Waals surface area contributed by atoms with E-state index >= 15 is 0 Å². The lowest BCUT2D eigenvalue weighted by molar-refractivity contribution is -0.133. The molecule has 0 bridgehead atoms. The van der Waals surface area contributed by atoms with Gasteiger partial charge in [0.25, 0.3) is 0 Å². The monoisotopic (exact) mass is 300 g/mol. The van der Waals surface area contributed by atoms with Crippen LogP contribution in [0.5, 0.6) is 0 Å². The number of aromatic nitrogens is 4. The maximum atomic E-state index is 11.8. The highest BCUT2D eigenvalue weighted by Crippen LogP contribution is 2.08. The number of pyridine rings is 1. The molecule has 8 heteroatoms. The number of hydrogen-bond donors (Lipinski definition) is 1. The number of likely N-dealkylation sites (tertiary alicyclic amines) is 1. The van der Waals surface area contributed by atoms with Crippen molar-refractivity contribution >= 4 is 11.8 Å². The second-order valence-corrected chi connectivity index (χ2v) is 5.06. The fourth-order valence-electron chi connectivity index (χ4n) is 2.28. The fourth-order valence-corrected chi connectivity index (χ4v) is 2.28. The molecule has 3 rings (SSSR count). The average molecular weight is 300 g/mol. The van der Waals surface area contributed by atoms with Crippen LogP contribution in [0.3, 0.4) is 0 Å². The van der Waals surface area contributed by atoms with Crippen LogP contribution in [0, 0.1) is 0 Å². The third kappa shape index (κ3) is 3.27. The zero-order valence-corrected chi connectivity index (χ0v) is 12.0. The van der Waals surface area contributed by atoms with Gasteiger partial charge in [0.1, 0.15) is 12.7 Å². The van der Waals surface area contributed by atoms with Gasteiger partial charge in [0.2, 0.25) is 11.8 Å². The highest BCUT2D eigenvalue weighted by Gasteiger charge is 2.21. The highest BCUT2D eigenvalue weighted by atomic mass is 16.2. The summed E-state index contributed by atoms with van der Waals surface area (Å²) in [6.45, 7) is 1.18. The van der Waals surface area contributed by atoms with E-state index in [1.165, 1.54) is 6.33 Å². The summed E-state index contributed by atoms with van der Waals surface area (Å²) in [5, 5.41) is 6.78. The van der Waals surface area contributed by atoms with Gasteiger partial charge in [0.05, 0.1) is 6.54 Å². The van der Waals surface area contributed by atoms with E-state index in [0.29, 0.717) is 25.3 Å². The maximum Gasteiger partial charge on any atom is 0.239 e. The lowest BCUT2D eigenvalue weighted by Crippen LogP contribution is -2.37. The Hall–Kier alpha value is -2.77. The summed E-state index contributed by atoms with van der Waals surface area (Å²) in [4.78, 5) is 33.0. The molecule has 0 aromatic carbocycles. The first kappa shape index (κ1) is 14.2. The normalized spacial score (nSPS) is 14.4. The second kappa shape index (κ2) is 6.33. The molecule has 2 aromatic rings. The van der Waals surface area contributed by atoms with Gasteiger partial charge in [0, 0.05) is 25.7 Å². The zero-order chi connectivity index (χ0) is 15.4. The summed E-state index contributed by atoms with van der Waals surface area (Å²) in [6, 6.07) is 3.67. The van der Waals surface area contributed by atoms with Gasteiger partial charge in [-0.05, 0) is 18.1 Å². The highest BCUT2D eigenvalue weighted by molar-refractivity contribution is 5.85. The first-order valence-electron chi connectivity index (χ1n) is 7.07. The van der Waals surface area contributed by atoms with Gasteiger partial charge in [-0.3, -0.25) is 9.59 Å². The molecular formula is C14H16N6O2. The minimum atomic E-state index is -0.157. The molecule has 8 nitrogen and oxygen atoms in total. The Kier molecular flexibility index (Phi) is 4.08. The molecule has 2 amide bonds. The molecule has 0 atom stereocenters. The van der Waals surface area contributed by atoms with Crippen molar-refractivity contribution in [3.63, 3.8) is 0 Å². The topological polar surface area (TPSA) is 93.0 Å². The van der Waals surface area contributed by atoms with Crippen molar-refractivity contribution in [2.75, 3.05) is 13.1 Å². The number of carbonyl (C=O) groups is 2. The van der Waals surface area contributed by atoms with Crippen LogP contribution in [0.25, 0.3) is 5.82 Å². The Labute approximate surface area is 127 Å². The van der Waals surface area contributed by atoms with Crippen molar-refractivity contribution in [3.8, 4) is 5.82 Å². The SMILES string of the molecule is O=C(CN1CCCC1=O)NCc1ccc(-n2cncn2)nc1. The van der Waals surface area contributed by atoms with E-state index in [1.54, 1.807) is 28.2 Å². The van der Waals surface area contributed by atoms with E-state index in [0.717, 1.165) is 12.0 Å². The number of nitrogens with one attached hydrogen (secondary N) is 1. The smallest absolute Gasteiger partial charge is 0.239 e. The number of carbonyl (C=O) groups excluding carboxylic acids is 2. The molecule has 1 fully saturated rings. The van der Waals surface area contributed by atoms with Crippen LogP contribution in [0.1, 0.15) is 18.4 Å². The Balaban J connectivity index is 1.51. The van der Waals surface area contributed by atoms with Crippen molar-refractivity contribution in [1.29, 1.82) is 0 Å². The number of amides is 2. The third-order valence-corrected chi connectivity index (χ3v) is 3.46. The van der Waals surface area contributed by atoms with E-state index in [4.69, 9.17) is 0 Å². The van der Waals surface area contributed by atoms with Crippen molar-refractivity contribution < 1.29 is 9.59 Å². The average Bonchev–Trinajstić information content (AvgIpc) is 3.18. The molecule has 3 heterocycles. The largest absolute Gasteiger partial charge is 0.350 e. The van der Waals surface area contributed by atoms with Crippen molar-refractivity contribution in [3.05, 3.63) is 36.5 Å². The number of nitrogens with zero attached hydrogens (tertiary/aromatic N) is 5. The van der Waals surface area contributed by atoms with E-state index in [1.807, 2.05) is 6.07 Å². The lowest BCUT2D eigenvalue weighted by Gasteiger charge is -2.14. The molecule has 0 spiro atoms. The summed E-state index contributed by atoms with van der Waals surface area (Å²) < 4.78 is 1.56. The van der Waals surface area contributed by atoms with Crippen LogP contribution < -0.4 is 5.32 Å². The Morgan fingerprint density at radius 2 is 2.27 bits per heavy atom.